The summed E-state index contributed by atoms with van der Waals surface area (Å²) in [6.45, 7) is 4.97. The molecule has 0 fully saturated rings. The maximum absolute atomic E-state index is 14.2. The van der Waals surface area contributed by atoms with Crippen LogP contribution in [-0.2, 0) is 40.3 Å². The van der Waals surface area contributed by atoms with E-state index >= 15 is 0 Å². The molecule has 0 radical (unpaired) electrons. The fraction of sp³-hybridized carbons (Fsp3) is 0.362. The number of fused-ring (bicyclic) bond motifs is 6. The zero-order chi connectivity index (χ0) is 43.7. The lowest BCUT2D eigenvalue weighted by molar-refractivity contribution is -0.129. The summed E-state index contributed by atoms with van der Waals surface area (Å²) in [6.07, 6.45) is 2.81. The number of anilines is 3. The zero-order valence-electron chi connectivity index (χ0n) is 35.3. The first-order valence-corrected chi connectivity index (χ1v) is 20.7. The number of nitrogens with one attached hydrogen (secondary N) is 1. The van der Waals surface area contributed by atoms with E-state index in [0.29, 0.717) is 96.6 Å². The van der Waals surface area contributed by atoms with E-state index in [1.165, 1.54) is 18.1 Å². The number of rotatable bonds is 13. The molecule has 2 N–H and O–H groups in total. The normalized spacial score (nSPS) is 19.1. The Bertz CT molecular complexity index is 2420. The van der Waals surface area contributed by atoms with Crippen molar-refractivity contribution in [1.82, 2.24) is 9.80 Å². The molecule has 4 aliphatic rings. The second-order valence-electron chi connectivity index (χ2n) is 15.8. The minimum atomic E-state index is -1.01. The van der Waals surface area contributed by atoms with Gasteiger partial charge in [-0.25, -0.2) is 4.79 Å². The topological polar surface area (TPSA) is 160 Å². The average molecular weight is 846 g/mol. The molecule has 4 amide bonds. The van der Waals surface area contributed by atoms with Crippen LogP contribution in [0.25, 0.3) is 0 Å². The Hall–Kier alpha value is -6.58. The summed E-state index contributed by atoms with van der Waals surface area (Å²) in [5.41, 5.74) is 6.33. The number of benzene rings is 4. The van der Waals surface area contributed by atoms with Crippen LogP contribution < -0.4 is 34.1 Å². The van der Waals surface area contributed by atoms with Gasteiger partial charge in [0, 0.05) is 57.0 Å². The number of likely N-dealkylation sites (N-methyl/N-ethyl adjacent to an activating group) is 2. The number of aliphatic hydroxyl groups excluding tert-OH is 1. The number of unbranched alkanes of at least 4 members (excludes halogenated alkanes) is 2. The molecule has 15 heteroatoms. The van der Waals surface area contributed by atoms with Crippen LogP contribution in [0.1, 0.15) is 63.7 Å². The lowest BCUT2D eigenvalue weighted by Crippen LogP contribution is -2.50. The van der Waals surface area contributed by atoms with E-state index in [1.54, 1.807) is 67.4 Å². The van der Waals surface area contributed by atoms with E-state index in [1.807, 2.05) is 35.2 Å². The summed E-state index contributed by atoms with van der Waals surface area (Å²) in [6, 6.07) is 19.0. The molecule has 0 aliphatic carbocycles. The number of carbonyl (C=O) groups excluding carboxylic acids is 4. The Morgan fingerprint density at radius 3 is 2.10 bits per heavy atom. The monoisotopic (exact) mass is 845 g/mol. The van der Waals surface area contributed by atoms with Gasteiger partial charge in [-0.05, 0) is 72.2 Å². The number of aliphatic hydroxyl groups is 1. The van der Waals surface area contributed by atoms with Crippen molar-refractivity contribution in [2.75, 3.05) is 63.3 Å². The van der Waals surface area contributed by atoms with E-state index in [4.69, 9.17) is 23.7 Å². The Morgan fingerprint density at radius 2 is 1.39 bits per heavy atom. The quantitative estimate of drug-likeness (QED) is 0.120. The largest absolute Gasteiger partial charge is 0.493 e. The van der Waals surface area contributed by atoms with Crippen LogP contribution in [-0.4, -0.2) is 98.9 Å². The second kappa shape index (κ2) is 17.8. The number of hydrogen-bond acceptors (Lipinski definition) is 11. The highest BCUT2D eigenvalue weighted by Gasteiger charge is 2.43. The van der Waals surface area contributed by atoms with Gasteiger partial charge in [0.05, 0.1) is 50.4 Å². The van der Waals surface area contributed by atoms with Crippen molar-refractivity contribution in [3.63, 3.8) is 0 Å². The summed E-state index contributed by atoms with van der Waals surface area (Å²) in [4.78, 5) is 60.5. The molecule has 15 nitrogen and oxygen atoms in total. The first-order chi connectivity index (χ1) is 30.0. The van der Waals surface area contributed by atoms with Crippen LogP contribution in [0.15, 0.2) is 79.4 Å². The Kier molecular flexibility index (Phi) is 12.1. The van der Waals surface area contributed by atoms with E-state index in [0.717, 1.165) is 28.7 Å². The standard InChI is InChI=1S/C47H51N5O10/c1-6-16-62-47(57)48-32-15-14-29-21-38-46(56)50(3)36-25-42(40(59-5)23-34(36)44(54)52(38)27-31(29)19-32)61-18-11-7-10-17-60-41-24-35-33(22-39(41)58-4)43(53)51-26-30-13-9-8-12-28(30)20-37(51)45(55)49(35)2/h6,8-9,12-15,19,22-25,37-38,43,53H,1,7,10-11,16-18,20-21,26-27H2,2-5H3,(H,48,57)/t37-,38-,43?/m0/s1. The molecule has 4 aliphatic heterocycles. The van der Waals surface area contributed by atoms with Gasteiger partial charge in [-0.2, -0.15) is 0 Å². The predicted molar refractivity (Wildman–Crippen MR) is 231 cm³/mol. The third-order valence-electron chi connectivity index (χ3n) is 12.1. The predicted octanol–water partition coefficient (Wildman–Crippen LogP) is 6.00. The summed E-state index contributed by atoms with van der Waals surface area (Å²) in [5, 5.41) is 14.3. The molecule has 0 aromatic heterocycles. The van der Waals surface area contributed by atoms with Gasteiger partial charge >= 0.3 is 6.09 Å². The van der Waals surface area contributed by atoms with Gasteiger partial charge in [0.2, 0.25) is 11.8 Å². The Morgan fingerprint density at radius 1 is 0.758 bits per heavy atom. The van der Waals surface area contributed by atoms with Gasteiger partial charge < -0.3 is 43.5 Å². The Balaban J connectivity index is 0.886. The van der Waals surface area contributed by atoms with Crippen molar-refractivity contribution < 1.29 is 48.0 Å². The van der Waals surface area contributed by atoms with E-state index in [9.17, 15) is 24.3 Å². The van der Waals surface area contributed by atoms with E-state index < -0.39 is 24.4 Å². The van der Waals surface area contributed by atoms with Crippen molar-refractivity contribution in [3.8, 4) is 23.0 Å². The lowest BCUT2D eigenvalue weighted by atomic mass is 9.92. The third-order valence-corrected chi connectivity index (χ3v) is 12.1. The molecule has 0 saturated carbocycles. The highest BCUT2D eigenvalue weighted by Crippen LogP contribution is 2.44. The highest BCUT2D eigenvalue weighted by atomic mass is 16.5. The summed E-state index contributed by atoms with van der Waals surface area (Å²) in [7, 11) is 6.45. The maximum atomic E-state index is 14.2. The van der Waals surface area contributed by atoms with Gasteiger partial charge in [0.1, 0.15) is 18.9 Å². The third kappa shape index (κ3) is 8.00. The fourth-order valence-corrected chi connectivity index (χ4v) is 8.78. The molecular weight excluding hydrogens is 795 g/mol. The van der Waals surface area contributed by atoms with Crippen molar-refractivity contribution in [2.24, 2.45) is 0 Å². The molecule has 4 heterocycles. The molecule has 4 aromatic rings. The van der Waals surface area contributed by atoms with Crippen LogP contribution in [0.2, 0.25) is 0 Å². The molecule has 0 saturated heterocycles. The number of carbonyl (C=O) groups is 4. The molecule has 8 rings (SSSR count). The minimum Gasteiger partial charge on any atom is -0.493 e. The number of amides is 4. The van der Waals surface area contributed by atoms with Crippen LogP contribution in [0.3, 0.4) is 0 Å². The molecule has 0 bridgehead atoms. The number of hydrogen-bond donors (Lipinski definition) is 2. The first-order valence-electron chi connectivity index (χ1n) is 20.7. The summed E-state index contributed by atoms with van der Waals surface area (Å²) >= 11 is 0. The van der Waals surface area contributed by atoms with Gasteiger partial charge in [-0.15, -0.1) is 0 Å². The maximum Gasteiger partial charge on any atom is 0.411 e. The van der Waals surface area contributed by atoms with Crippen molar-refractivity contribution in [2.45, 2.75) is 63.5 Å². The molecule has 1 unspecified atom stereocenters. The average Bonchev–Trinajstić information content (AvgIpc) is 3.41. The minimum absolute atomic E-state index is 0.0731. The van der Waals surface area contributed by atoms with Crippen molar-refractivity contribution in [1.29, 1.82) is 0 Å². The number of nitrogens with zero attached hydrogens (tertiary/aromatic N) is 4. The second-order valence-corrected chi connectivity index (χ2v) is 15.8. The molecule has 0 spiro atoms. The summed E-state index contributed by atoms with van der Waals surface area (Å²) < 4.78 is 28.8. The first kappa shape index (κ1) is 42.1. The van der Waals surface area contributed by atoms with Gasteiger partial charge in [-0.1, -0.05) is 43.0 Å². The molecule has 324 valence electrons. The summed E-state index contributed by atoms with van der Waals surface area (Å²) in [5.74, 6) is 1.08. The fourth-order valence-electron chi connectivity index (χ4n) is 8.78. The van der Waals surface area contributed by atoms with E-state index in [2.05, 4.69) is 11.9 Å². The highest BCUT2D eigenvalue weighted by molar-refractivity contribution is 6.11. The molecule has 62 heavy (non-hydrogen) atoms. The zero-order valence-corrected chi connectivity index (χ0v) is 35.3. The number of ether oxygens (including phenoxy) is 5. The van der Waals surface area contributed by atoms with Crippen LogP contribution in [0.5, 0.6) is 23.0 Å². The van der Waals surface area contributed by atoms with Gasteiger partial charge in [0.15, 0.2) is 23.0 Å². The van der Waals surface area contributed by atoms with Crippen molar-refractivity contribution >= 4 is 40.9 Å². The lowest BCUT2D eigenvalue weighted by Gasteiger charge is -2.37. The van der Waals surface area contributed by atoms with Crippen LogP contribution in [0.4, 0.5) is 21.9 Å². The van der Waals surface area contributed by atoms with Crippen LogP contribution in [0, 0.1) is 0 Å². The SMILES string of the molecule is C=CCOC(=O)Nc1ccc2c(c1)CN1C(=O)c3cc(OC)c(OCCCCCOc4cc5c(cc4OC)C(O)N4Cc6ccccc6C[C@H]4C(=O)N5C)cc3N(C)C(=O)[C@@H]1C2. The smallest absolute Gasteiger partial charge is 0.411 e. The van der Waals surface area contributed by atoms with Gasteiger partial charge in [0.25, 0.3) is 5.91 Å². The van der Waals surface area contributed by atoms with Crippen molar-refractivity contribution in [3.05, 3.63) is 113 Å². The Labute approximate surface area is 360 Å². The molecule has 4 aromatic carbocycles. The van der Waals surface area contributed by atoms with Crippen LogP contribution >= 0.6 is 0 Å². The van der Waals surface area contributed by atoms with Gasteiger partial charge in [-0.3, -0.25) is 24.6 Å². The number of methoxy groups -OCH3 is 2. The molecule has 3 atom stereocenters. The van der Waals surface area contributed by atoms with E-state index in [-0.39, 0.29) is 30.9 Å². The molecular formula is C47H51N5O10.